The molecular weight excluding hydrogens is 162 g/mol. The second-order valence-corrected chi connectivity index (χ2v) is 1.34. The van der Waals surface area contributed by atoms with E-state index < -0.39 is 25.2 Å². The van der Waals surface area contributed by atoms with Gasteiger partial charge in [-0.3, -0.25) is 0 Å². The van der Waals surface area contributed by atoms with E-state index in [1.807, 2.05) is 0 Å². The highest BCUT2D eigenvalue weighted by Crippen LogP contribution is 2.38. The zero-order chi connectivity index (χ0) is 8.41. The molecule has 0 fully saturated rings. The molecule has 0 aromatic rings. The third-order valence-corrected chi connectivity index (χ3v) is 0.632. The minimum atomic E-state index is -5.25. The Hall–Kier alpha value is -0.420. The van der Waals surface area contributed by atoms with Gasteiger partial charge in [0.1, 0.15) is 0 Å². The molecule has 4 radical (unpaired) electrons. The zero-order valence-corrected chi connectivity index (χ0v) is 4.27. The highest BCUT2D eigenvalue weighted by atomic mass is 19.3. The first-order chi connectivity index (χ1) is 4.37. The van der Waals surface area contributed by atoms with Crippen molar-refractivity contribution in [2.24, 2.45) is 0 Å². The molecule has 0 N–H and O–H groups in total. The van der Waals surface area contributed by atoms with Crippen LogP contribution in [0.2, 0.25) is 0 Å². The maximum Gasteiger partial charge on any atom is 0.354 e. The molecule has 0 aliphatic carbocycles. The van der Waals surface area contributed by atoms with Crippen LogP contribution < -0.4 is 0 Å². The Morgan fingerprint density at radius 2 is 0.900 bits per heavy atom. The van der Waals surface area contributed by atoms with E-state index in [2.05, 4.69) is 0 Å². The molecule has 0 unspecified atom stereocenters. The van der Waals surface area contributed by atoms with Crippen LogP contribution in [0.25, 0.3) is 0 Å². The van der Waals surface area contributed by atoms with Crippen molar-refractivity contribution in [1.29, 1.82) is 0 Å². The lowest BCUT2D eigenvalue weighted by molar-refractivity contribution is -0.187. The summed E-state index contributed by atoms with van der Waals surface area (Å²) in [6, 6.07) is 0. The molecule has 0 saturated heterocycles. The Morgan fingerprint density at radius 1 is 0.700 bits per heavy atom. The molecular formula is C4F6. The summed E-state index contributed by atoms with van der Waals surface area (Å²) in [6.45, 7) is -1.11. The van der Waals surface area contributed by atoms with Crippen molar-refractivity contribution in [1.82, 2.24) is 0 Å². The molecule has 0 atom stereocenters. The molecule has 0 bridgehead atoms. The van der Waals surface area contributed by atoms with Gasteiger partial charge in [-0.25, -0.2) is 8.78 Å². The Kier molecular flexibility index (Phi) is 2.56. The number of rotatable bonds is 3. The first kappa shape index (κ1) is 9.58. The van der Waals surface area contributed by atoms with Gasteiger partial charge < -0.3 is 0 Å². The fraction of sp³-hybridized carbons (Fsp3) is 0.500. The summed E-state index contributed by atoms with van der Waals surface area (Å²) < 4.78 is 67.1. The average molecular weight is 162 g/mol. The van der Waals surface area contributed by atoms with Crippen LogP contribution in [0.15, 0.2) is 0 Å². The van der Waals surface area contributed by atoms with Crippen LogP contribution in [0.5, 0.6) is 0 Å². The van der Waals surface area contributed by atoms with Crippen molar-refractivity contribution < 1.29 is 26.3 Å². The Morgan fingerprint density at radius 3 is 1.00 bits per heavy atom. The number of halogens is 6. The van der Waals surface area contributed by atoms with E-state index in [0.29, 0.717) is 0 Å². The zero-order valence-electron chi connectivity index (χ0n) is 4.27. The van der Waals surface area contributed by atoms with Crippen molar-refractivity contribution in [2.45, 2.75) is 11.8 Å². The minimum absolute atomic E-state index is 0.553. The van der Waals surface area contributed by atoms with Gasteiger partial charge in [-0.2, -0.15) is 17.6 Å². The quantitative estimate of drug-likeness (QED) is 0.558. The molecule has 0 aliphatic heterocycles. The smallest absolute Gasteiger partial charge is 0.229 e. The molecule has 0 spiro atoms. The van der Waals surface area contributed by atoms with Crippen LogP contribution in [0.1, 0.15) is 0 Å². The average Bonchev–Trinajstić information content (AvgIpc) is 1.88. The molecule has 0 aliphatic rings. The second-order valence-electron chi connectivity index (χ2n) is 1.34. The molecule has 10 heavy (non-hydrogen) atoms. The predicted molar refractivity (Wildman–Crippen MR) is 18.6 cm³/mol. The molecule has 58 valence electrons. The van der Waals surface area contributed by atoms with Crippen LogP contribution in [0.3, 0.4) is 0 Å². The van der Waals surface area contributed by atoms with Gasteiger partial charge in [0.25, 0.3) is 13.3 Å². The first-order valence-electron chi connectivity index (χ1n) is 1.88. The van der Waals surface area contributed by atoms with Crippen LogP contribution in [0.4, 0.5) is 26.3 Å². The Balaban J connectivity index is 4.28. The summed E-state index contributed by atoms with van der Waals surface area (Å²) in [5.41, 5.74) is 0. The number of hydrogen-bond donors (Lipinski definition) is 0. The maximum absolute atomic E-state index is 11.4. The lowest BCUT2D eigenvalue weighted by atomic mass is 10.2. The molecule has 0 saturated carbocycles. The molecule has 6 heteroatoms. The lowest BCUT2D eigenvalue weighted by Gasteiger charge is -2.17. The summed E-state index contributed by atoms with van der Waals surface area (Å²) in [7, 11) is 0. The van der Waals surface area contributed by atoms with Gasteiger partial charge in [0.15, 0.2) is 0 Å². The van der Waals surface area contributed by atoms with E-state index in [0.717, 1.165) is 0 Å². The molecule has 0 rings (SSSR count). The summed E-state index contributed by atoms with van der Waals surface area (Å²) in [6.07, 6.45) is 0. The topological polar surface area (TPSA) is 0 Å². The molecule has 0 amide bonds. The third-order valence-electron chi connectivity index (χ3n) is 0.632. The van der Waals surface area contributed by atoms with Crippen molar-refractivity contribution in [3.05, 3.63) is 13.3 Å². The highest BCUT2D eigenvalue weighted by molar-refractivity contribution is 4.95. The lowest BCUT2D eigenvalue weighted by Crippen LogP contribution is -2.39. The summed E-state index contributed by atoms with van der Waals surface area (Å²) in [5.74, 6) is -10.5. The van der Waals surface area contributed by atoms with Gasteiger partial charge in [-0.15, -0.1) is 0 Å². The van der Waals surface area contributed by atoms with E-state index in [1.54, 1.807) is 0 Å². The molecule has 0 aromatic heterocycles. The van der Waals surface area contributed by atoms with E-state index in [4.69, 9.17) is 0 Å². The number of alkyl halides is 4. The van der Waals surface area contributed by atoms with E-state index in [9.17, 15) is 26.3 Å². The Labute approximate surface area is 52.8 Å². The van der Waals surface area contributed by atoms with Gasteiger partial charge >= 0.3 is 11.8 Å². The van der Waals surface area contributed by atoms with Gasteiger partial charge in [-0.05, 0) is 0 Å². The molecule has 0 nitrogen and oxygen atoms in total. The normalized spacial score (nSPS) is 13.8. The summed E-state index contributed by atoms with van der Waals surface area (Å²) in [4.78, 5) is 0. The number of hydrogen-bond acceptors (Lipinski definition) is 0. The van der Waals surface area contributed by atoms with Gasteiger partial charge in [0.05, 0.1) is 0 Å². The van der Waals surface area contributed by atoms with E-state index in [-0.39, 0.29) is 0 Å². The van der Waals surface area contributed by atoms with E-state index in [1.165, 1.54) is 0 Å². The minimum Gasteiger partial charge on any atom is -0.229 e. The summed E-state index contributed by atoms with van der Waals surface area (Å²) in [5, 5.41) is 0. The maximum atomic E-state index is 11.4. The van der Waals surface area contributed by atoms with Gasteiger partial charge in [0, 0.05) is 0 Å². The largest absolute Gasteiger partial charge is 0.354 e. The fourth-order valence-electron chi connectivity index (χ4n) is 0.119. The highest BCUT2D eigenvalue weighted by Gasteiger charge is 2.59. The monoisotopic (exact) mass is 162 g/mol. The van der Waals surface area contributed by atoms with Crippen molar-refractivity contribution in [3.63, 3.8) is 0 Å². The third kappa shape index (κ3) is 1.54. The predicted octanol–water partition coefficient (Wildman–Crippen LogP) is 2.27. The van der Waals surface area contributed by atoms with Gasteiger partial charge in [-0.1, -0.05) is 0 Å². The van der Waals surface area contributed by atoms with Crippen LogP contribution in [-0.2, 0) is 0 Å². The molecule has 0 heterocycles. The standard InChI is InChI=1S/C4F6/c5-1-3(7,8)4(9,10)2-6. The Bertz CT molecular complexity index is 94.3. The van der Waals surface area contributed by atoms with Crippen LogP contribution in [0, 0.1) is 13.3 Å². The SMILES string of the molecule is F[C]C(F)(F)C(F)(F)[C]F. The fourth-order valence-corrected chi connectivity index (χ4v) is 0.119. The van der Waals surface area contributed by atoms with Crippen LogP contribution >= 0.6 is 0 Å². The van der Waals surface area contributed by atoms with Crippen molar-refractivity contribution in [2.75, 3.05) is 0 Å². The second kappa shape index (κ2) is 2.67. The van der Waals surface area contributed by atoms with Crippen molar-refractivity contribution >= 4 is 0 Å². The van der Waals surface area contributed by atoms with Crippen LogP contribution in [-0.4, -0.2) is 11.8 Å². The molecule has 0 aromatic carbocycles. The van der Waals surface area contributed by atoms with Gasteiger partial charge in [0.2, 0.25) is 0 Å². The van der Waals surface area contributed by atoms with E-state index >= 15 is 0 Å². The van der Waals surface area contributed by atoms with Crippen molar-refractivity contribution in [3.8, 4) is 0 Å². The first-order valence-corrected chi connectivity index (χ1v) is 1.88. The summed E-state index contributed by atoms with van der Waals surface area (Å²) >= 11 is 0.